The Morgan fingerprint density at radius 1 is 0.571 bits per heavy atom. The van der Waals surface area contributed by atoms with Gasteiger partial charge in [-0.1, -0.05) is 144 Å². The van der Waals surface area contributed by atoms with Crippen molar-refractivity contribution in [1.29, 1.82) is 0 Å². The zero-order chi connectivity index (χ0) is 43.8. The molecule has 0 saturated heterocycles. The predicted molar refractivity (Wildman–Crippen MR) is 249 cm³/mol. The van der Waals surface area contributed by atoms with Gasteiger partial charge in [-0.15, -0.1) is 0 Å². The van der Waals surface area contributed by atoms with Crippen molar-refractivity contribution < 1.29 is 32.0 Å². The van der Waals surface area contributed by atoms with Crippen molar-refractivity contribution in [2.75, 3.05) is 13.7 Å². The van der Waals surface area contributed by atoms with Crippen LogP contribution in [0.25, 0.3) is 0 Å². The summed E-state index contributed by atoms with van der Waals surface area (Å²) in [4.78, 5) is 14.1. The van der Waals surface area contributed by atoms with Crippen LogP contribution in [0.2, 0.25) is 72.5 Å². The topological polar surface area (TPSA) is 72.5 Å². The first-order valence-electron chi connectivity index (χ1n) is 20.6. The van der Waals surface area contributed by atoms with E-state index in [-0.39, 0.29) is 20.2 Å². The molecule has 11 heteroatoms. The molecule has 0 heterocycles. The van der Waals surface area contributed by atoms with Gasteiger partial charge in [-0.05, 0) is 91.1 Å². The molecule has 1 rings (SSSR count). The van der Waals surface area contributed by atoms with Gasteiger partial charge in [0, 0.05) is 7.11 Å². The normalized spacial score (nSPS) is 17.4. The van der Waals surface area contributed by atoms with Crippen LogP contribution < -0.4 is 0 Å². The van der Waals surface area contributed by atoms with Crippen LogP contribution in [0.5, 0.6) is 0 Å². The van der Waals surface area contributed by atoms with Crippen LogP contribution in [-0.2, 0) is 32.0 Å². The predicted octanol–water partition coefficient (Wildman–Crippen LogP) is 13.2. The maximum Gasteiger partial charge on any atom is 0.340 e. The molecular weight excluding hydrogens is 765 g/mol. The summed E-state index contributed by atoms with van der Waals surface area (Å²) >= 11 is 0. The lowest BCUT2D eigenvalue weighted by Crippen LogP contribution is -2.51. The minimum atomic E-state index is -2.37. The maximum absolute atomic E-state index is 14.1. The molecule has 1 aromatic rings. The summed E-state index contributed by atoms with van der Waals surface area (Å²) in [6.07, 6.45) is 9.12. The molecule has 0 bridgehead atoms. The van der Waals surface area contributed by atoms with E-state index in [1.165, 1.54) is 7.11 Å². The first-order chi connectivity index (χ1) is 25.1. The lowest BCUT2D eigenvalue weighted by Gasteiger charge is -2.44. The third-order valence-electron chi connectivity index (χ3n) is 12.7. The van der Waals surface area contributed by atoms with Crippen LogP contribution in [-0.4, -0.2) is 77.4 Å². The van der Waals surface area contributed by atoms with Crippen molar-refractivity contribution in [2.45, 2.75) is 193 Å². The van der Waals surface area contributed by atoms with E-state index in [4.69, 9.17) is 27.2 Å². The third kappa shape index (κ3) is 15.3. The van der Waals surface area contributed by atoms with Crippen molar-refractivity contribution in [1.82, 2.24) is 0 Å². The molecule has 0 aliphatic carbocycles. The van der Waals surface area contributed by atoms with Crippen LogP contribution in [0.15, 0.2) is 66.8 Å². The van der Waals surface area contributed by atoms with Gasteiger partial charge in [0.05, 0.1) is 18.8 Å². The number of benzene rings is 1. The fraction of sp³-hybridized carbons (Fsp3) is 0.711. The second-order valence-electron chi connectivity index (χ2n) is 21.4. The van der Waals surface area contributed by atoms with E-state index in [0.29, 0.717) is 6.61 Å². The number of esters is 1. The number of carbonyl (C=O) groups excluding carboxylic acids is 1. The maximum atomic E-state index is 14.1. The van der Waals surface area contributed by atoms with Crippen LogP contribution in [0.4, 0.5) is 0 Å². The summed E-state index contributed by atoms with van der Waals surface area (Å²) in [5.41, 5.74) is 0.725. The van der Waals surface area contributed by atoms with E-state index in [1.54, 1.807) is 0 Å². The number of hydrogen-bond acceptors (Lipinski definition) is 7. The molecule has 0 N–H and O–H groups in total. The monoisotopic (exact) mass is 849 g/mol. The molecule has 1 aromatic carbocycles. The number of rotatable bonds is 19. The standard InChI is InChI=1S/C45H84O7Si4/c1-23-28-37(50-54(17,18)43(5,6)7)36(49-41(46)40(47-14)35-29-25-24-26-30-35)32-33-39(52-56(21,22)45(11,12)13)38(51-55(19,20)44(8,9)10)31-27-34-48-53(15,16)42(2,3)4/h23-33,36-40H,34H2,1-22H3/b28-23+,31-27+,33-32+/t36-,37-,38+,39+,40+/m1/s1. The van der Waals surface area contributed by atoms with Gasteiger partial charge in [0.2, 0.25) is 0 Å². The van der Waals surface area contributed by atoms with Crippen molar-refractivity contribution in [3.8, 4) is 0 Å². The Kier molecular flexibility index (Phi) is 19.0. The summed E-state index contributed by atoms with van der Waals surface area (Å²) in [5, 5.41) is -0.0838. The highest BCUT2D eigenvalue weighted by Crippen LogP contribution is 2.42. The van der Waals surface area contributed by atoms with E-state index < -0.39 is 69.8 Å². The van der Waals surface area contributed by atoms with Crippen molar-refractivity contribution in [3.63, 3.8) is 0 Å². The van der Waals surface area contributed by atoms with Crippen LogP contribution in [0.3, 0.4) is 0 Å². The second kappa shape index (κ2) is 20.2. The van der Waals surface area contributed by atoms with E-state index in [1.807, 2.05) is 55.5 Å². The van der Waals surface area contributed by atoms with Crippen LogP contribution >= 0.6 is 0 Å². The zero-order valence-corrected chi connectivity index (χ0v) is 43.8. The third-order valence-corrected chi connectivity index (χ3v) is 30.6. The van der Waals surface area contributed by atoms with Gasteiger partial charge in [0.25, 0.3) is 0 Å². The minimum absolute atomic E-state index is 0.0410. The van der Waals surface area contributed by atoms with Gasteiger partial charge < -0.3 is 27.2 Å². The number of ether oxygens (including phenoxy) is 2. The summed E-state index contributed by atoms with van der Waals surface area (Å²) in [7, 11) is -7.47. The molecular formula is C45H84O7Si4. The number of hydrogen-bond donors (Lipinski definition) is 0. The Morgan fingerprint density at radius 2 is 0.946 bits per heavy atom. The Morgan fingerprint density at radius 3 is 1.32 bits per heavy atom. The Balaban J connectivity index is 4.05. The molecule has 322 valence electrons. The molecule has 0 unspecified atom stereocenters. The quantitative estimate of drug-likeness (QED) is 0.0780. The van der Waals surface area contributed by atoms with Crippen molar-refractivity contribution in [3.05, 3.63) is 72.4 Å². The lowest BCUT2D eigenvalue weighted by molar-refractivity contribution is -0.162. The Hall–Kier alpha value is -1.42. The summed E-state index contributed by atoms with van der Waals surface area (Å²) in [6.45, 7) is 47.5. The molecule has 0 amide bonds. The first kappa shape index (κ1) is 52.6. The van der Waals surface area contributed by atoms with Crippen molar-refractivity contribution in [2.24, 2.45) is 0 Å². The molecule has 0 radical (unpaired) electrons. The number of carbonyl (C=O) groups is 1. The average molecular weight is 850 g/mol. The van der Waals surface area contributed by atoms with Gasteiger partial charge in [-0.25, -0.2) is 4.79 Å². The van der Waals surface area contributed by atoms with Gasteiger partial charge in [-0.2, -0.15) is 0 Å². The SMILES string of the molecule is C/C=C/[C@@H](O[Si](C)(C)C(C)(C)C)[C@@H](/C=C/[C@H](O[Si](C)(C)C(C)(C)C)[C@H](/C=C/CO[Si](C)(C)C(C)(C)C)O[Si](C)(C)C(C)(C)C)OC(=O)[C@@H](OC)c1ccccc1. The van der Waals surface area contributed by atoms with Gasteiger partial charge in [0.15, 0.2) is 39.4 Å². The van der Waals surface area contributed by atoms with Crippen LogP contribution in [0.1, 0.15) is 102 Å². The van der Waals surface area contributed by atoms with E-state index >= 15 is 0 Å². The lowest BCUT2D eigenvalue weighted by atomic mass is 10.1. The summed E-state index contributed by atoms with van der Waals surface area (Å²) < 4.78 is 40.4. The molecule has 56 heavy (non-hydrogen) atoms. The highest BCUT2D eigenvalue weighted by molar-refractivity contribution is 6.75. The molecule has 5 atom stereocenters. The molecule has 0 aliphatic rings. The second-order valence-corrected chi connectivity index (χ2v) is 40.4. The summed E-state index contributed by atoms with van der Waals surface area (Å²) in [5.74, 6) is -0.486. The van der Waals surface area contributed by atoms with Gasteiger partial charge in [0.1, 0.15) is 12.2 Å². The molecule has 0 spiro atoms. The largest absolute Gasteiger partial charge is 0.453 e. The minimum Gasteiger partial charge on any atom is -0.453 e. The average Bonchev–Trinajstić information content (AvgIpc) is 3.02. The van der Waals surface area contributed by atoms with E-state index in [0.717, 1.165) is 5.56 Å². The molecule has 0 saturated carbocycles. The molecule has 0 fully saturated rings. The van der Waals surface area contributed by atoms with E-state index in [2.05, 4.69) is 154 Å². The highest BCUT2D eigenvalue weighted by Gasteiger charge is 2.45. The van der Waals surface area contributed by atoms with E-state index in [9.17, 15) is 4.79 Å². The fourth-order valence-electron chi connectivity index (χ4n) is 4.68. The molecule has 0 aliphatic heterocycles. The van der Waals surface area contributed by atoms with Gasteiger partial charge >= 0.3 is 5.97 Å². The zero-order valence-electron chi connectivity index (χ0n) is 39.8. The number of allylic oxidation sites excluding steroid dienone is 1. The number of methoxy groups -OCH3 is 1. The van der Waals surface area contributed by atoms with Crippen LogP contribution in [0, 0.1) is 0 Å². The Labute approximate surface area is 348 Å². The van der Waals surface area contributed by atoms with Crippen molar-refractivity contribution >= 4 is 39.2 Å². The summed E-state index contributed by atoms with van der Waals surface area (Å²) in [6, 6.07) is 9.46. The smallest absolute Gasteiger partial charge is 0.340 e. The molecule has 7 nitrogen and oxygen atoms in total. The first-order valence-corrected chi connectivity index (χ1v) is 32.2. The van der Waals surface area contributed by atoms with Gasteiger partial charge in [-0.3, -0.25) is 0 Å². The highest BCUT2D eigenvalue weighted by atomic mass is 28.4. The fourth-order valence-corrected chi connectivity index (χ4v) is 9.36. The molecule has 0 aromatic heterocycles. The Bertz CT molecular complexity index is 1440.